The zero-order valence-corrected chi connectivity index (χ0v) is 19.6. The summed E-state index contributed by atoms with van der Waals surface area (Å²) in [5.74, 6) is 2.07. The molecule has 182 valence electrons. The van der Waals surface area contributed by atoms with Gasteiger partial charge in [-0.15, -0.1) is 0 Å². The van der Waals surface area contributed by atoms with E-state index in [0.29, 0.717) is 42.9 Å². The van der Waals surface area contributed by atoms with Gasteiger partial charge in [0.2, 0.25) is 11.9 Å². The number of fused-ring (bicyclic) bond motifs is 4. The van der Waals surface area contributed by atoms with Crippen molar-refractivity contribution in [2.24, 2.45) is 0 Å². The van der Waals surface area contributed by atoms with Gasteiger partial charge in [-0.1, -0.05) is 24.3 Å². The van der Waals surface area contributed by atoms with E-state index >= 15 is 0 Å². The first kappa shape index (κ1) is 22.0. The highest BCUT2D eigenvalue weighted by Gasteiger charge is 2.41. The molecule has 3 heterocycles. The normalized spacial score (nSPS) is 16.2. The fraction of sp³-hybridized carbons (Fsp3) is 0.222. The molecule has 0 unspecified atom stereocenters. The first-order valence-electron chi connectivity index (χ1n) is 11.7. The maximum Gasteiger partial charge on any atom is 0.253 e. The van der Waals surface area contributed by atoms with Gasteiger partial charge in [0.15, 0.2) is 11.5 Å². The molecule has 0 radical (unpaired) electrons. The van der Waals surface area contributed by atoms with Crippen molar-refractivity contribution in [2.45, 2.75) is 19.0 Å². The Labute approximate surface area is 207 Å². The number of rotatable bonds is 6. The molecule has 3 aromatic carbocycles. The van der Waals surface area contributed by atoms with Gasteiger partial charge in [0.1, 0.15) is 25.0 Å². The lowest BCUT2D eigenvalue weighted by Crippen LogP contribution is -2.31. The first-order valence-corrected chi connectivity index (χ1v) is 11.7. The number of imidazole rings is 1. The van der Waals surface area contributed by atoms with E-state index in [4.69, 9.17) is 19.2 Å². The Balaban J connectivity index is 1.27. The maximum atomic E-state index is 13.6. The second-order valence-corrected chi connectivity index (χ2v) is 8.67. The van der Waals surface area contributed by atoms with E-state index in [1.165, 1.54) is 0 Å². The van der Waals surface area contributed by atoms with Gasteiger partial charge < -0.3 is 19.5 Å². The molecule has 2 amide bonds. The number of ether oxygens (including phenoxy) is 3. The van der Waals surface area contributed by atoms with Crippen LogP contribution in [0.25, 0.3) is 11.0 Å². The summed E-state index contributed by atoms with van der Waals surface area (Å²) in [5, 5.41) is 2.89. The molecule has 1 N–H and O–H groups in total. The van der Waals surface area contributed by atoms with Crippen LogP contribution in [0.1, 0.15) is 18.0 Å². The van der Waals surface area contributed by atoms with Crippen molar-refractivity contribution in [2.75, 3.05) is 30.5 Å². The third-order valence-corrected chi connectivity index (χ3v) is 6.39. The maximum absolute atomic E-state index is 13.6. The number of amides is 2. The zero-order chi connectivity index (χ0) is 24.6. The molecule has 9 nitrogen and oxygen atoms in total. The fourth-order valence-corrected chi connectivity index (χ4v) is 4.67. The van der Waals surface area contributed by atoms with Crippen molar-refractivity contribution in [3.63, 3.8) is 0 Å². The minimum atomic E-state index is -0.706. The van der Waals surface area contributed by atoms with Crippen molar-refractivity contribution in [1.82, 2.24) is 9.55 Å². The van der Waals surface area contributed by atoms with Gasteiger partial charge in [-0.3, -0.25) is 19.1 Å². The van der Waals surface area contributed by atoms with E-state index in [1.807, 2.05) is 53.1 Å². The van der Waals surface area contributed by atoms with Crippen LogP contribution < -0.4 is 24.4 Å². The van der Waals surface area contributed by atoms with Crippen LogP contribution in [0.4, 0.5) is 11.6 Å². The van der Waals surface area contributed by atoms with E-state index in [0.717, 1.165) is 22.3 Å². The SMILES string of the molecule is COc1ccc(CN2C(=O)[C@@H](CC(=O)Nc3ccc4c(c3)OCCO4)n3c2nc2ccccc23)cc1. The zero-order valence-electron chi connectivity index (χ0n) is 19.6. The van der Waals surface area contributed by atoms with Gasteiger partial charge >= 0.3 is 0 Å². The number of para-hydroxylation sites is 2. The van der Waals surface area contributed by atoms with Crippen LogP contribution >= 0.6 is 0 Å². The standard InChI is InChI=1S/C27H24N4O5/c1-34-19-9-6-17(7-10-19)16-30-26(33)22(31-21-5-3-2-4-20(21)29-27(30)31)15-25(32)28-18-8-11-23-24(14-18)36-13-12-35-23/h2-11,14,22H,12-13,15-16H2,1H3,(H,28,32)/t22-/m1/s1. The number of benzene rings is 3. The van der Waals surface area contributed by atoms with Crippen molar-refractivity contribution in [1.29, 1.82) is 0 Å². The molecule has 4 aromatic rings. The van der Waals surface area contributed by atoms with Crippen LogP contribution in [0.3, 0.4) is 0 Å². The first-order chi connectivity index (χ1) is 17.6. The summed E-state index contributed by atoms with van der Waals surface area (Å²) in [4.78, 5) is 33.1. The largest absolute Gasteiger partial charge is 0.497 e. The second-order valence-electron chi connectivity index (χ2n) is 8.67. The van der Waals surface area contributed by atoms with E-state index in [-0.39, 0.29) is 18.2 Å². The molecule has 0 spiro atoms. The number of carbonyl (C=O) groups excluding carboxylic acids is 2. The molecule has 9 heteroatoms. The summed E-state index contributed by atoms with van der Waals surface area (Å²) in [6.07, 6.45) is -0.0280. The number of nitrogens with zero attached hydrogens (tertiary/aromatic N) is 3. The molecule has 0 saturated carbocycles. The lowest BCUT2D eigenvalue weighted by molar-refractivity contribution is -0.124. The van der Waals surface area contributed by atoms with Gasteiger partial charge in [0, 0.05) is 11.8 Å². The molecule has 6 rings (SSSR count). The second kappa shape index (κ2) is 8.92. The number of nitrogens with one attached hydrogen (secondary N) is 1. The number of hydrogen-bond acceptors (Lipinski definition) is 6. The molecule has 0 fully saturated rings. The molecular formula is C27H24N4O5. The molecule has 0 saturated heterocycles. The van der Waals surface area contributed by atoms with Crippen LogP contribution in [0.15, 0.2) is 66.7 Å². The summed E-state index contributed by atoms with van der Waals surface area (Å²) >= 11 is 0. The quantitative estimate of drug-likeness (QED) is 0.446. The smallest absolute Gasteiger partial charge is 0.253 e. The minimum Gasteiger partial charge on any atom is -0.497 e. The van der Waals surface area contributed by atoms with E-state index in [9.17, 15) is 9.59 Å². The van der Waals surface area contributed by atoms with E-state index in [2.05, 4.69) is 5.32 Å². The lowest BCUT2D eigenvalue weighted by Gasteiger charge is -2.19. The van der Waals surface area contributed by atoms with Gasteiger partial charge in [0.05, 0.1) is 31.1 Å². The van der Waals surface area contributed by atoms with Crippen molar-refractivity contribution in [3.05, 3.63) is 72.3 Å². The number of hydrogen-bond donors (Lipinski definition) is 1. The Morgan fingerprint density at radius 1 is 1.06 bits per heavy atom. The highest BCUT2D eigenvalue weighted by Crippen LogP contribution is 2.38. The monoisotopic (exact) mass is 484 g/mol. The molecule has 0 bridgehead atoms. The van der Waals surface area contributed by atoms with Crippen molar-refractivity contribution >= 4 is 34.5 Å². The number of carbonyl (C=O) groups is 2. The Hall–Kier alpha value is -4.53. The molecule has 2 aliphatic heterocycles. The Morgan fingerprint density at radius 2 is 1.83 bits per heavy atom. The summed E-state index contributed by atoms with van der Waals surface area (Å²) < 4.78 is 18.3. The average Bonchev–Trinajstić information content (AvgIpc) is 3.39. The van der Waals surface area contributed by atoms with Crippen molar-refractivity contribution < 1.29 is 23.8 Å². The van der Waals surface area contributed by atoms with Crippen LogP contribution in [-0.4, -0.2) is 41.7 Å². The highest BCUT2D eigenvalue weighted by atomic mass is 16.6. The molecule has 1 atom stereocenters. The summed E-state index contributed by atoms with van der Waals surface area (Å²) in [6.45, 7) is 1.30. The predicted molar refractivity (Wildman–Crippen MR) is 134 cm³/mol. The van der Waals surface area contributed by atoms with Gasteiger partial charge in [-0.05, 0) is 42.0 Å². The lowest BCUT2D eigenvalue weighted by atomic mass is 10.1. The Morgan fingerprint density at radius 3 is 2.64 bits per heavy atom. The Bertz CT molecular complexity index is 1460. The van der Waals surface area contributed by atoms with Crippen LogP contribution in [-0.2, 0) is 16.1 Å². The summed E-state index contributed by atoms with van der Waals surface area (Å²) in [7, 11) is 1.61. The van der Waals surface area contributed by atoms with Gasteiger partial charge in [-0.2, -0.15) is 0 Å². The minimum absolute atomic E-state index is 0.0280. The number of methoxy groups -OCH3 is 1. The van der Waals surface area contributed by atoms with E-state index in [1.54, 1.807) is 30.2 Å². The predicted octanol–water partition coefficient (Wildman–Crippen LogP) is 3.93. The van der Waals surface area contributed by atoms with Crippen LogP contribution in [0.5, 0.6) is 17.2 Å². The molecule has 36 heavy (non-hydrogen) atoms. The fourth-order valence-electron chi connectivity index (χ4n) is 4.67. The molecular weight excluding hydrogens is 460 g/mol. The van der Waals surface area contributed by atoms with Gasteiger partial charge in [0.25, 0.3) is 5.91 Å². The van der Waals surface area contributed by atoms with E-state index < -0.39 is 6.04 Å². The third kappa shape index (κ3) is 3.88. The number of aromatic nitrogens is 2. The topological polar surface area (TPSA) is 94.9 Å². The highest BCUT2D eigenvalue weighted by molar-refractivity contribution is 6.05. The van der Waals surface area contributed by atoms with Crippen LogP contribution in [0.2, 0.25) is 0 Å². The number of anilines is 2. The Kier molecular flexibility index (Phi) is 5.44. The van der Waals surface area contributed by atoms with Crippen molar-refractivity contribution in [3.8, 4) is 17.2 Å². The molecule has 2 aliphatic rings. The van der Waals surface area contributed by atoms with Gasteiger partial charge in [-0.25, -0.2) is 4.98 Å². The van der Waals surface area contributed by atoms with Crippen LogP contribution in [0, 0.1) is 0 Å². The third-order valence-electron chi connectivity index (χ3n) is 6.39. The molecule has 1 aromatic heterocycles. The summed E-state index contributed by atoms with van der Waals surface area (Å²) in [5.41, 5.74) is 3.11. The summed E-state index contributed by atoms with van der Waals surface area (Å²) in [6, 6.07) is 19.7. The molecule has 0 aliphatic carbocycles. The average molecular weight is 485 g/mol.